The molecule has 5 N–H and O–H groups in total. The summed E-state index contributed by atoms with van der Waals surface area (Å²) in [5, 5.41) is 21.5. The molecule has 0 rings (SSSR count). The molecule has 0 aromatic heterocycles. The Morgan fingerprint density at radius 2 is 1.62 bits per heavy atom. The maximum Gasteiger partial charge on any atom is 0.631 e. The third kappa shape index (κ3) is 186. The van der Waals surface area contributed by atoms with Crippen LogP contribution in [-0.2, 0) is 4.84 Å². The Labute approximate surface area is 47.8 Å². The standard InChI is InChI=1S/C2H7NO.BH3O3/c1-2-4-3;2-1(3)4/h2-3H2,1H3;2-4H. The molecule has 0 atom stereocenters. The van der Waals surface area contributed by atoms with Gasteiger partial charge in [-0.1, -0.05) is 0 Å². The van der Waals surface area contributed by atoms with Crippen LogP contribution in [0.4, 0.5) is 0 Å². The molecule has 0 aliphatic heterocycles. The maximum atomic E-state index is 7.17. The number of hydrogen-bond acceptors (Lipinski definition) is 5. The van der Waals surface area contributed by atoms with E-state index < -0.39 is 7.32 Å². The van der Waals surface area contributed by atoms with Crippen molar-refractivity contribution < 1.29 is 19.9 Å². The van der Waals surface area contributed by atoms with E-state index in [1.807, 2.05) is 6.92 Å². The van der Waals surface area contributed by atoms with E-state index in [-0.39, 0.29) is 0 Å². The summed E-state index contributed by atoms with van der Waals surface area (Å²) in [4.78, 5) is 4.04. The van der Waals surface area contributed by atoms with Gasteiger partial charge in [0.2, 0.25) is 0 Å². The number of hydrogen-bond donors (Lipinski definition) is 4. The molecule has 0 bridgehead atoms. The Hall–Kier alpha value is -0.135. The molecule has 0 heterocycles. The summed E-state index contributed by atoms with van der Waals surface area (Å²) >= 11 is 0. The zero-order valence-electron chi connectivity index (χ0n) is 4.61. The summed E-state index contributed by atoms with van der Waals surface area (Å²) in [6.45, 7) is 2.43. The molecule has 0 aliphatic carbocycles. The largest absolute Gasteiger partial charge is 0.631 e. The van der Waals surface area contributed by atoms with Gasteiger partial charge in [0, 0.05) is 0 Å². The smallest absolute Gasteiger partial charge is 0.402 e. The summed E-state index contributed by atoms with van der Waals surface area (Å²) in [6, 6.07) is 0. The second-order valence-corrected chi connectivity index (χ2v) is 0.802. The molecule has 0 aromatic rings. The lowest BCUT2D eigenvalue weighted by atomic mass is 10.3. The topological polar surface area (TPSA) is 95.9 Å². The van der Waals surface area contributed by atoms with Gasteiger partial charge in [0.15, 0.2) is 0 Å². The second-order valence-electron chi connectivity index (χ2n) is 0.802. The lowest BCUT2D eigenvalue weighted by molar-refractivity contribution is 0.152. The van der Waals surface area contributed by atoms with E-state index in [0.717, 1.165) is 0 Å². The second kappa shape index (κ2) is 9.98. The Kier molecular flexibility index (Phi) is 13.4. The quantitative estimate of drug-likeness (QED) is 0.235. The normalized spacial score (nSPS) is 7.12. The van der Waals surface area contributed by atoms with E-state index in [2.05, 4.69) is 10.7 Å². The highest BCUT2D eigenvalue weighted by atomic mass is 16.6. The van der Waals surface area contributed by atoms with E-state index in [1.165, 1.54) is 0 Å². The highest BCUT2D eigenvalue weighted by Crippen LogP contribution is 1.46. The van der Waals surface area contributed by atoms with Crippen LogP contribution < -0.4 is 5.90 Å². The van der Waals surface area contributed by atoms with Crippen molar-refractivity contribution >= 4 is 7.32 Å². The van der Waals surface area contributed by atoms with Crippen LogP contribution in [0.5, 0.6) is 0 Å². The SMILES string of the molecule is CCON.OB(O)O. The zero-order chi connectivity index (χ0) is 6.99. The molecule has 0 unspecified atom stereocenters. The first-order valence-corrected chi connectivity index (χ1v) is 2.01. The lowest BCUT2D eigenvalue weighted by Gasteiger charge is -1.76. The van der Waals surface area contributed by atoms with E-state index in [0.29, 0.717) is 6.61 Å². The highest BCUT2D eigenvalue weighted by Gasteiger charge is 1.92. The molecular formula is C2H10BNO4. The first-order valence-electron chi connectivity index (χ1n) is 2.01. The Balaban J connectivity index is 0. The summed E-state index contributed by atoms with van der Waals surface area (Å²) < 4.78 is 0. The molecule has 8 heavy (non-hydrogen) atoms. The lowest BCUT2D eigenvalue weighted by Crippen LogP contribution is -2.07. The van der Waals surface area contributed by atoms with Crippen molar-refractivity contribution in [3.63, 3.8) is 0 Å². The molecule has 0 amide bonds. The fourth-order valence-electron chi connectivity index (χ4n) is 0. The van der Waals surface area contributed by atoms with Crippen LogP contribution in [0.25, 0.3) is 0 Å². The van der Waals surface area contributed by atoms with Gasteiger partial charge in [0.1, 0.15) is 0 Å². The van der Waals surface area contributed by atoms with Gasteiger partial charge < -0.3 is 19.9 Å². The number of rotatable bonds is 1. The third-order valence-electron chi connectivity index (χ3n) is 0.167. The fraction of sp³-hybridized carbons (Fsp3) is 1.00. The van der Waals surface area contributed by atoms with Gasteiger partial charge in [-0.05, 0) is 6.92 Å². The van der Waals surface area contributed by atoms with Crippen molar-refractivity contribution in [1.29, 1.82) is 0 Å². The average Bonchev–Trinajstić information content (AvgIpc) is 1.65. The van der Waals surface area contributed by atoms with Crippen LogP contribution >= 0.6 is 0 Å². The fourth-order valence-corrected chi connectivity index (χ4v) is 0. The van der Waals surface area contributed by atoms with Crippen LogP contribution in [-0.4, -0.2) is 29.0 Å². The third-order valence-corrected chi connectivity index (χ3v) is 0.167. The first-order chi connectivity index (χ1) is 3.65. The Bertz CT molecular complexity index is 30.5. The van der Waals surface area contributed by atoms with Crippen LogP contribution in [0.1, 0.15) is 6.92 Å². The predicted octanol–water partition coefficient (Wildman–Crippen LogP) is -2.16. The molecule has 5 nitrogen and oxygen atoms in total. The van der Waals surface area contributed by atoms with E-state index in [4.69, 9.17) is 15.1 Å². The molecule has 6 heteroatoms. The van der Waals surface area contributed by atoms with Gasteiger partial charge in [-0.25, -0.2) is 5.90 Å². The predicted molar refractivity (Wildman–Crippen MR) is 28.2 cm³/mol. The number of nitrogens with two attached hydrogens (primary N) is 1. The van der Waals surface area contributed by atoms with Crippen molar-refractivity contribution in [2.75, 3.05) is 6.61 Å². The summed E-state index contributed by atoms with van der Waals surface area (Å²) in [6.07, 6.45) is 0. The highest BCUT2D eigenvalue weighted by molar-refractivity contribution is 6.30. The van der Waals surface area contributed by atoms with Gasteiger partial charge in [-0.2, -0.15) is 0 Å². The first kappa shape index (κ1) is 10.8. The molecule has 0 fully saturated rings. The minimum Gasteiger partial charge on any atom is -0.402 e. The molecule has 0 saturated heterocycles. The zero-order valence-corrected chi connectivity index (χ0v) is 4.61. The van der Waals surface area contributed by atoms with Crippen molar-refractivity contribution in [2.45, 2.75) is 6.92 Å². The van der Waals surface area contributed by atoms with E-state index in [9.17, 15) is 0 Å². The van der Waals surface area contributed by atoms with Gasteiger partial charge in [0.25, 0.3) is 0 Å². The van der Waals surface area contributed by atoms with Crippen molar-refractivity contribution in [3.8, 4) is 0 Å². The summed E-state index contributed by atoms with van der Waals surface area (Å²) in [7, 11) is -2.17. The van der Waals surface area contributed by atoms with Crippen LogP contribution in [0, 0.1) is 0 Å². The van der Waals surface area contributed by atoms with Crippen molar-refractivity contribution in [2.24, 2.45) is 5.90 Å². The molecule has 0 spiro atoms. The van der Waals surface area contributed by atoms with Crippen LogP contribution in [0.15, 0.2) is 0 Å². The Morgan fingerprint density at radius 3 is 1.62 bits per heavy atom. The van der Waals surface area contributed by atoms with E-state index in [1.54, 1.807) is 0 Å². The molecule has 50 valence electrons. The molecule has 0 saturated carbocycles. The average molecular weight is 123 g/mol. The van der Waals surface area contributed by atoms with Gasteiger partial charge >= 0.3 is 7.32 Å². The molecule has 0 aromatic carbocycles. The van der Waals surface area contributed by atoms with Crippen LogP contribution in [0.3, 0.4) is 0 Å². The van der Waals surface area contributed by atoms with Gasteiger partial charge in [-0.3, -0.25) is 0 Å². The van der Waals surface area contributed by atoms with Gasteiger partial charge in [0.05, 0.1) is 6.61 Å². The minimum absolute atomic E-state index is 0.597. The van der Waals surface area contributed by atoms with Crippen molar-refractivity contribution in [3.05, 3.63) is 0 Å². The minimum atomic E-state index is -2.17. The summed E-state index contributed by atoms with van der Waals surface area (Å²) in [5.41, 5.74) is 0. The summed E-state index contributed by atoms with van der Waals surface area (Å²) in [5.74, 6) is 4.53. The molecule has 0 radical (unpaired) electrons. The van der Waals surface area contributed by atoms with Gasteiger partial charge in [-0.15, -0.1) is 0 Å². The molecular weight excluding hydrogens is 113 g/mol. The van der Waals surface area contributed by atoms with Crippen molar-refractivity contribution in [1.82, 2.24) is 0 Å². The Morgan fingerprint density at radius 1 is 1.50 bits per heavy atom. The molecule has 0 aliphatic rings. The van der Waals surface area contributed by atoms with E-state index >= 15 is 0 Å². The van der Waals surface area contributed by atoms with Crippen LogP contribution in [0.2, 0.25) is 0 Å². The maximum absolute atomic E-state index is 7.17. The monoisotopic (exact) mass is 123 g/mol.